The molecule has 0 amide bonds. The summed E-state index contributed by atoms with van der Waals surface area (Å²) in [7, 11) is 0. The van der Waals surface area contributed by atoms with Gasteiger partial charge in [-0.3, -0.25) is 4.79 Å². The number of nitrogens with zero attached hydrogens (tertiary/aromatic N) is 1. The van der Waals surface area contributed by atoms with Gasteiger partial charge in [0.05, 0.1) is 5.69 Å². The number of benzene rings is 1. The number of hydrogen-bond donors (Lipinski definition) is 1. The number of nitrogens with two attached hydrogens (primary N) is 1. The van der Waals surface area contributed by atoms with E-state index in [-0.39, 0.29) is 17.9 Å². The van der Waals surface area contributed by atoms with E-state index in [0.717, 1.165) is 30.5 Å². The topological polar surface area (TPSA) is 48.0 Å². The van der Waals surface area contributed by atoms with Gasteiger partial charge in [0.2, 0.25) is 0 Å². The second-order valence-electron chi connectivity index (χ2n) is 5.12. The van der Waals surface area contributed by atoms with Crippen LogP contribution in [0.15, 0.2) is 41.2 Å². The van der Waals surface area contributed by atoms with Crippen molar-refractivity contribution in [1.82, 2.24) is 4.57 Å². The third-order valence-electron chi connectivity index (χ3n) is 3.60. The lowest BCUT2D eigenvalue weighted by molar-refractivity contribution is 0.588. The Labute approximate surface area is 124 Å². The smallest absolute Gasteiger partial charge is 0.255 e. The maximum atomic E-state index is 13.1. The first kappa shape index (κ1) is 15.4. The van der Waals surface area contributed by atoms with Crippen molar-refractivity contribution < 1.29 is 4.39 Å². The molecule has 21 heavy (non-hydrogen) atoms. The fourth-order valence-corrected chi connectivity index (χ4v) is 2.39. The summed E-state index contributed by atoms with van der Waals surface area (Å²) in [6.45, 7) is 3.02. The molecule has 1 aromatic carbocycles. The Hall–Kier alpha value is -1.94. The minimum Gasteiger partial charge on any atom is -0.326 e. The van der Waals surface area contributed by atoms with Gasteiger partial charge in [0.1, 0.15) is 5.82 Å². The van der Waals surface area contributed by atoms with Gasteiger partial charge in [-0.05, 0) is 42.3 Å². The second kappa shape index (κ2) is 7.18. The van der Waals surface area contributed by atoms with Crippen molar-refractivity contribution >= 4 is 0 Å². The van der Waals surface area contributed by atoms with Gasteiger partial charge in [-0.15, -0.1) is 0 Å². The molecule has 4 heteroatoms. The molecule has 0 aliphatic carbocycles. The minimum absolute atomic E-state index is 0.0459. The molecule has 2 N–H and O–H groups in total. The van der Waals surface area contributed by atoms with Gasteiger partial charge in [0.15, 0.2) is 0 Å². The minimum atomic E-state index is -0.280. The summed E-state index contributed by atoms with van der Waals surface area (Å²) < 4.78 is 14.8. The molecule has 0 aliphatic rings. The molecule has 0 saturated carbocycles. The van der Waals surface area contributed by atoms with Gasteiger partial charge in [-0.1, -0.05) is 25.8 Å². The number of aromatic nitrogens is 1. The van der Waals surface area contributed by atoms with Crippen LogP contribution < -0.4 is 11.3 Å². The van der Waals surface area contributed by atoms with E-state index in [9.17, 15) is 9.18 Å². The monoisotopic (exact) mass is 288 g/mol. The van der Waals surface area contributed by atoms with Crippen molar-refractivity contribution in [3.8, 4) is 11.3 Å². The number of halogens is 1. The average molecular weight is 288 g/mol. The summed E-state index contributed by atoms with van der Waals surface area (Å²) in [4.78, 5) is 12.5. The number of unbranched alkanes of at least 4 members (excludes halogenated alkanes) is 2. The Balaban J connectivity index is 2.46. The molecule has 0 spiro atoms. The average Bonchev–Trinajstić information content (AvgIpc) is 2.50. The van der Waals surface area contributed by atoms with Crippen LogP contribution in [0, 0.1) is 5.82 Å². The molecule has 0 bridgehead atoms. The molecule has 0 fully saturated rings. The van der Waals surface area contributed by atoms with Crippen LogP contribution in [0.1, 0.15) is 31.7 Å². The molecular weight excluding hydrogens is 267 g/mol. The molecule has 2 rings (SSSR count). The maximum Gasteiger partial charge on any atom is 0.255 e. The van der Waals surface area contributed by atoms with Crippen molar-refractivity contribution in [2.24, 2.45) is 5.73 Å². The highest BCUT2D eigenvalue weighted by atomic mass is 19.1. The van der Waals surface area contributed by atoms with Gasteiger partial charge in [-0.2, -0.15) is 0 Å². The Bertz CT molecular complexity index is 647. The number of rotatable bonds is 6. The van der Waals surface area contributed by atoms with Crippen LogP contribution in [0.4, 0.5) is 4.39 Å². The zero-order chi connectivity index (χ0) is 15.2. The van der Waals surface area contributed by atoms with Crippen LogP contribution in [0.5, 0.6) is 0 Å². The fourth-order valence-electron chi connectivity index (χ4n) is 2.39. The summed E-state index contributed by atoms with van der Waals surface area (Å²) >= 11 is 0. The largest absolute Gasteiger partial charge is 0.326 e. The summed E-state index contributed by atoms with van der Waals surface area (Å²) in [6, 6.07) is 9.87. The Morgan fingerprint density at radius 3 is 2.43 bits per heavy atom. The SMILES string of the molecule is CCCCCn1c(-c2ccc(F)cc2)ccc(CN)c1=O. The molecule has 3 nitrogen and oxygen atoms in total. The van der Waals surface area contributed by atoms with Crippen molar-refractivity contribution in [3.05, 3.63) is 58.1 Å². The van der Waals surface area contributed by atoms with Gasteiger partial charge in [0.25, 0.3) is 5.56 Å². The van der Waals surface area contributed by atoms with Crippen LogP contribution in [-0.4, -0.2) is 4.57 Å². The fraction of sp³-hybridized carbons (Fsp3) is 0.353. The van der Waals surface area contributed by atoms with Crippen LogP contribution in [0.3, 0.4) is 0 Å². The lowest BCUT2D eigenvalue weighted by Gasteiger charge is -2.14. The molecule has 1 aromatic heterocycles. The van der Waals surface area contributed by atoms with E-state index in [0.29, 0.717) is 12.1 Å². The van der Waals surface area contributed by atoms with Crippen molar-refractivity contribution in [1.29, 1.82) is 0 Å². The highest BCUT2D eigenvalue weighted by molar-refractivity contribution is 5.59. The zero-order valence-corrected chi connectivity index (χ0v) is 12.3. The molecule has 0 aliphatic heterocycles. The summed E-state index contributed by atoms with van der Waals surface area (Å²) in [5, 5.41) is 0. The van der Waals surface area contributed by atoms with E-state index >= 15 is 0 Å². The van der Waals surface area contributed by atoms with Gasteiger partial charge < -0.3 is 10.3 Å². The van der Waals surface area contributed by atoms with E-state index in [2.05, 4.69) is 6.92 Å². The van der Waals surface area contributed by atoms with Crippen LogP contribution in [-0.2, 0) is 13.1 Å². The van der Waals surface area contributed by atoms with E-state index in [4.69, 9.17) is 5.73 Å². The standard InChI is InChI=1S/C17H21FN2O/c1-2-3-4-11-20-16(10-7-14(12-19)17(20)21)13-5-8-15(18)9-6-13/h5-10H,2-4,11-12,19H2,1H3. The predicted octanol–water partition coefficient (Wildman–Crippen LogP) is 3.30. The third-order valence-corrected chi connectivity index (χ3v) is 3.60. The van der Waals surface area contributed by atoms with E-state index in [1.165, 1.54) is 12.1 Å². The Morgan fingerprint density at radius 1 is 1.10 bits per heavy atom. The first-order valence-electron chi connectivity index (χ1n) is 7.36. The normalized spacial score (nSPS) is 10.8. The van der Waals surface area contributed by atoms with Gasteiger partial charge >= 0.3 is 0 Å². The molecular formula is C17H21FN2O. The van der Waals surface area contributed by atoms with Gasteiger partial charge in [0, 0.05) is 18.7 Å². The molecule has 0 unspecified atom stereocenters. The van der Waals surface area contributed by atoms with E-state index in [1.54, 1.807) is 22.8 Å². The highest BCUT2D eigenvalue weighted by Gasteiger charge is 2.09. The lowest BCUT2D eigenvalue weighted by atomic mass is 10.1. The first-order valence-corrected chi connectivity index (χ1v) is 7.36. The first-order chi connectivity index (χ1) is 10.2. The summed E-state index contributed by atoms with van der Waals surface area (Å²) in [5.41, 5.74) is 7.84. The molecule has 112 valence electrons. The molecule has 0 saturated heterocycles. The molecule has 0 radical (unpaired) electrons. The molecule has 2 aromatic rings. The van der Waals surface area contributed by atoms with Crippen LogP contribution >= 0.6 is 0 Å². The maximum absolute atomic E-state index is 13.1. The van der Waals surface area contributed by atoms with Crippen molar-refractivity contribution in [2.45, 2.75) is 39.3 Å². The van der Waals surface area contributed by atoms with Crippen LogP contribution in [0.2, 0.25) is 0 Å². The third kappa shape index (κ3) is 3.58. The Morgan fingerprint density at radius 2 is 1.81 bits per heavy atom. The highest BCUT2D eigenvalue weighted by Crippen LogP contribution is 2.19. The zero-order valence-electron chi connectivity index (χ0n) is 12.3. The Kier molecular flexibility index (Phi) is 5.28. The lowest BCUT2D eigenvalue weighted by Crippen LogP contribution is -2.26. The molecule has 0 atom stereocenters. The van der Waals surface area contributed by atoms with Crippen LogP contribution in [0.25, 0.3) is 11.3 Å². The second-order valence-corrected chi connectivity index (χ2v) is 5.12. The van der Waals surface area contributed by atoms with E-state index in [1.807, 2.05) is 6.07 Å². The predicted molar refractivity (Wildman–Crippen MR) is 83.5 cm³/mol. The van der Waals surface area contributed by atoms with Crippen molar-refractivity contribution in [2.75, 3.05) is 0 Å². The number of hydrogen-bond acceptors (Lipinski definition) is 2. The summed E-state index contributed by atoms with van der Waals surface area (Å²) in [5.74, 6) is -0.280. The van der Waals surface area contributed by atoms with E-state index < -0.39 is 0 Å². The van der Waals surface area contributed by atoms with Crippen molar-refractivity contribution in [3.63, 3.8) is 0 Å². The van der Waals surface area contributed by atoms with Gasteiger partial charge in [-0.25, -0.2) is 4.39 Å². The summed E-state index contributed by atoms with van der Waals surface area (Å²) in [6.07, 6.45) is 3.11. The number of pyridine rings is 1. The molecule has 1 heterocycles. The quantitative estimate of drug-likeness (QED) is 0.829.